The van der Waals surface area contributed by atoms with E-state index in [4.69, 9.17) is 5.11 Å². The average molecular weight is 282 g/mol. The van der Waals surface area contributed by atoms with Gasteiger partial charge in [0, 0.05) is 33.1 Å². The van der Waals surface area contributed by atoms with E-state index in [0.29, 0.717) is 11.8 Å². The van der Waals surface area contributed by atoms with Crippen LogP contribution in [0, 0.1) is 11.8 Å². The summed E-state index contributed by atoms with van der Waals surface area (Å²) in [6.45, 7) is 2.44. The summed E-state index contributed by atoms with van der Waals surface area (Å²) in [6, 6.07) is 0.147. The van der Waals surface area contributed by atoms with Crippen LogP contribution in [0.1, 0.15) is 44.9 Å². The van der Waals surface area contributed by atoms with E-state index in [0.717, 1.165) is 38.9 Å². The molecule has 114 valence electrons. The second-order valence-electron chi connectivity index (χ2n) is 6.32. The van der Waals surface area contributed by atoms with Crippen molar-refractivity contribution in [2.45, 2.75) is 44.9 Å². The molecule has 0 spiro atoms. The van der Waals surface area contributed by atoms with Crippen molar-refractivity contribution in [1.82, 2.24) is 9.80 Å². The van der Waals surface area contributed by atoms with Crippen molar-refractivity contribution in [1.29, 1.82) is 0 Å². The van der Waals surface area contributed by atoms with E-state index in [2.05, 4.69) is 0 Å². The van der Waals surface area contributed by atoms with Crippen molar-refractivity contribution < 1.29 is 14.7 Å². The van der Waals surface area contributed by atoms with Gasteiger partial charge in [0.15, 0.2) is 0 Å². The zero-order valence-electron chi connectivity index (χ0n) is 12.4. The molecular weight excluding hydrogens is 256 g/mol. The summed E-state index contributed by atoms with van der Waals surface area (Å²) in [4.78, 5) is 26.7. The number of piperidine rings is 1. The van der Waals surface area contributed by atoms with Crippen LogP contribution in [0.15, 0.2) is 0 Å². The van der Waals surface area contributed by atoms with Gasteiger partial charge in [-0.1, -0.05) is 6.42 Å². The third-order valence-corrected chi connectivity index (χ3v) is 4.73. The highest BCUT2D eigenvalue weighted by atomic mass is 16.4. The number of aliphatic carboxylic acids is 1. The highest BCUT2D eigenvalue weighted by Gasteiger charge is 2.27. The summed E-state index contributed by atoms with van der Waals surface area (Å²) in [5, 5.41) is 8.70. The third kappa shape index (κ3) is 4.12. The summed E-state index contributed by atoms with van der Waals surface area (Å²) >= 11 is 0. The largest absolute Gasteiger partial charge is 0.481 e. The van der Waals surface area contributed by atoms with Gasteiger partial charge in [0.05, 0.1) is 0 Å². The Labute approximate surface area is 120 Å². The first-order valence-electron chi connectivity index (χ1n) is 7.78. The van der Waals surface area contributed by atoms with E-state index in [-0.39, 0.29) is 12.5 Å². The molecule has 0 bridgehead atoms. The van der Waals surface area contributed by atoms with Gasteiger partial charge in [-0.2, -0.15) is 0 Å². The van der Waals surface area contributed by atoms with Crippen molar-refractivity contribution in [2.75, 3.05) is 26.7 Å². The number of nitrogens with zero attached hydrogens (tertiary/aromatic N) is 2. The van der Waals surface area contributed by atoms with Crippen molar-refractivity contribution >= 4 is 12.0 Å². The van der Waals surface area contributed by atoms with Crippen LogP contribution in [-0.4, -0.2) is 53.6 Å². The number of rotatable bonds is 5. The number of likely N-dealkylation sites (tertiary alicyclic amines) is 1. The molecule has 0 aromatic carbocycles. The molecule has 1 saturated heterocycles. The molecule has 1 N–H and O–H groups in total. The van der Waals surface area contributed by atoms with Gasteiger partial charge in [-0.05, 0) is 43.9 Å². The molecule has 2 amide bonds. The molecule has 0 unspecified atom stereocenters. The van der Waals surface area contributed by atoms with Crippen LogP contribution in [0.2, 0.25) is 0 Å². The molecule has 2 fully saturated rings. The maximum Gasteiger partial charge on any atom is 0.319 e. The number of carboxylic acids is 1. The number of hydrogen-bond acceptors (Lipinski definition) is 2. The molecule has 5 heteroatoms. The Hall–Kier alpha value is -1.26. The molecule has 0 atom stereocenters. The Bertz CT molecular complexity index is 347. The SMILES string of the molecule is CN(CC1CCC1)C(=O)N1CCC(CCC(=O)O)CC1. The van der Waals surface area contributed by atoms with E-state index >= 15 is 0 Å². The maximum absolute atomic E-state index is 12.3. The van der Waals surface area contributed by atoms with Gasteiger partial charge >= 0.3 is 12.0 Å². The Morgan fingerprint density at radius 2 is 1.80 bits per heavy atom. The van der Waals surface area contributed by atoms with Crippen LogP contribution in [0.4, 0.5) is 4.79 Å². The second-order valence-corrected chi connectivity index (χ2v) is 6.32. The lowest BCUT2D eigenvalue weighted by Crippen LogP contribution is -2.47. The Kier molecular flexibility index (Phi) is 5.26. The van der Waals surface area contributed by atoms with Gasteiger partial charge < -0.3 is 14.9 Å². The predicted molar refractivity (Wildman–Crippen MR) is 76.5 cm³/mol. The van der Waals surface area contributed by atoms with Gasteiger partial charge in [0.2, 0.25) is 0 Å². The molecule has 1 aliphatic carbocycles. The molecule has 1 heterocycles. The summed E-state index contributed by atoms with van der Waals surface area (Å²) in [7, 11) is 1.90. The third-order valence-electron chi connectivity index (χ3n) is 4.73. The fourth-order valence-corrected chi connectivity index (χ4v) is 3.12. The first-order chi connectivity index (χ1) is 9.56. The minimum atomic E-state index is -0.719. The highest BCUT2D eigenvalue weighted by Crippen LogP contribution is 2.27. The van der Waals surface area contributed by atoms with E-state index < -0.39 is 5.97 Å². The number of hydrogen-bond donors (Lipinski definition) is 1. The Balaban J connectivity index is 1.69. The number of amides is 2. The predicted octanol–water partition coefficient (Wildman–Crippen LogP) is 2.42. The minimum Gasteiger partial charge on any atom is -0.481 e. The zero-order valence-corrected chi connectivity index (χ0v) is 12.4. The maximum atomic E-state index is 12.3. The molecule has 5 nitrogen and oxygen atoms in total. The molecule has 0 aromatic heterocycles. The highest BCUT2D eigenvalue weighted by molar-refractivity contribution is 5.74. The van der Waals surface area contributed by atoms with E-state index in [1.165, 1.54) is 19.3 Å². The van der Waals surface area contributed by atoms with Crippen LogP contribution < -0.4 is 0 Å². The van der Waals surface area contributed by atoms with Crippen LogP contribution in [0.25, 0.3) is 0 Å². The number of carbonyl (C=O) groups excluding carboxylic acids is 1. The molecular formula is C15H26N2O3. The molecule has 2 aliphatic rings. The number of carbonyl (C=O) groups is 2. The lowest BCUT2D eigenvalue weighted by molar-refractivity contribution is -0.137. The van der Waals surface area contributed by atoms with Gasteiger partial charge in [-0.15, -0.1) is 0 Å². The fraction of sp³-hybridized carbons (Fsp3) is 0.867. The van der Waals surface area contributed by atoms with E-state index in [1.54, 1.807) is 0 Å². The first kappa shape index (κ1) is 15.1. The number of carboxylic acid groups (broad SMARTS) is 1. The molecule has 0 radical (unpaired) electrons. The zero-order chi connectivity index (χ0) is 14.5. The molecule has 2 rings (SSSR count). The molecule has 0 aromatic rings. The number of urea groups is 1. The minimum absolute atomic E-state index is 0.147. The molecule has 1 aliphatic heterocycles. The van der Waals surface area contributed by atoms with Crippen molar-refractivity contribution in [2.24, 2.45) is 11.8 Å². The summed E-state index contributed by atoms with van der Waals surface area (Å²) in [6.07, 6.45) is 6.70. The monoisotopic (exact) mass is 282 g/mol. The van der Waals surface area contributed by atoms with Crippen LogP contribution in [0.3, 0.4) is 0 Å². The fourth-order valence-electron chi connectivity index (χ4n) is 3.12. The van der Waals surface area contributed by atoms with Crippen LogP contribution >= 0.6 is 0 Å². The van der Waals surface area contributed by atoms with Crippen LogP contribution in [0.5, 0.6) is 0 Å². The summed E-state index contributed by atoms with van der Waals surface area (Å²) in [5.41, 5.74) is 0. The van der Waals surface area contributed by atoms with E-state index in [9.17, 15) is 9.59 Å². The molecule has 1 saturated carbocycles. The second kappa shape index (κ2) is 6.95. The van der Waals surface area contributed by atoms with Crippen molar-refractivity contribution in [3.05, 3.63) is 0 Å². The summed E-state index contributed by atoms with van der Waals surface area (Å²) < 4.78 is 0. The quantitative estimate of drug-likeness (QED) is 0.842. The lowest BCUT2D eigenvalue weighted by Gasteiger charge is -2.37. The van der Waals surface area contributed by atoms with Crippen molar-refractivity contribution in [3.63, 3.8) is 0 Å². The smallest absolute Gasteiger partial charge is 0.319 e. The van der Waals surface area contributed by atoms with Gasteiger partial charge in [0.1, 0.15) is 0 Å². The van der Waals surface area contributed by atoms with Gasteiger partial charge in [-0.25, -0.2) is 4.79 Å². The Morgan fingerprint density at radius 3 is 2.30 bits per heavy atom. The van der Waals surface area contributed by atoms with Gasteiger partial charge in [-0.3, -0.25) is 4.79 Å². The van der Waals surface area contributed by atoms with Crippen molar-refractivity contribution in [3.8, 4) is 0 Å². The lowest BCUT2D eigenvalue weighted by atomic mass is 9.85. The van der Waals surface area contributed by atoms with Crippen LogP contribution in [-0.2, 0) is 4.79 Å². The Morgan fingerprint density at radius 1 is 1.15 bits per heavy atom. The topological polar surface area (TPSA) is 60.9 Å². The van der Waals surface area contributed by atoms with E-state index in [1.807, 2.05) is 16.8 Å². The standard InChI is InChI=1S/C15H26N2O3/c1-16(11-13-3-2-4-13)15(20)17-9-7-12(8-10-17)5-6-14(18)19/h12-13H,2-11H2,1H3,(H,18,19). The summed E-state index contributed by atoms with van der Waals surface area (Å²) in [5.74, 6) is 0.452. The first-order valence-corrected chi connectivity index (χ1v) is 7.78. The molecule has 20 heavy (non-hydrogen) atoms. The average Bonchev–Trinajstić information content (AvgIpc) is 2.40. The normalized spacial score (nSPS) is 20.6. The van der Waals surface area contributed by atoms with Gasteiger partial charge in [0.25, 0.3) is 0 Å².